The number of rotatable bonds is 4. The molecule has 2 aromatic rings. The molecule has 0 aliphatic rings. The van der Waals surface area contributed by atoms with Crippen molar-refractivity contribution in [3.05, 3.63) is 41.6 Å². The van der Waals surface area contributed by atoms with Crippen LogP contribution in [0.2, 0.25) is 0 Å². The number of anilines is 1. The van der Waals surface area contributed by atoms with Gasteiger partial charge in [-0.25, -0.2) is 4.68 Å². The molecular weight excluding hydrogens is 226 g/mol. The number of hydrogen-bond donors (Lipinski definition) is 1. The molecule has 2 rings (SSSR count). The van der Waals surface area contributed by atoms with E-state index in [2.05, 4.69) is 5.10 Å². The molecule has 1 aromatic carbocycles. The van der Waals surface area contributed by atoms with E-state index in [9.17, 15) is 0 Å². The molecule has 4 nitrogen and oxygen atoms in total. The summed E-state index contributed by atoms with van der Waals surface area (Å²) in [4.78, 5) is 0. The van der Waals surface area contributed by atoms with Crippen molar-refractivity contribution in [1.29, 1.82) is 0 Å². The van der Waals surface area contributed by atoms with Crippen molar-refractivity contribution >= 4 is 5.69 Å². The molecule has 96 valence electrons. The maximum Gasteiger partial charge on any atom is 0.236 e. The van der Waals surface area contributed by atoms with Crippen LogP contribution in [0, 0.1) is 0 Å². The Morgan fingerprint density at radius 2 is 2.00 bits per heavy atom. The minimum atomic E-state index is -0.0476. The lowest BCUT2D eigenvalue weighted by Crippen LogP contribution is -2.07. The van der Waals surface area contributed by atoms with Gasteiger partial charge in [-0.05, 0) is 18.9 Å². The Hall–Kier alpha value is -1.97. The van der Waals surface area contributed by atoms with E-state index in [4.69, 9.17) is 10.5 Å². The number of benzene rings is 1. The number of aromatic nitrogens is 2. The van der Waals surface area contributed by atoms with Crippen LogP contribution in [0.15, 0.2) is 30.3 Å². The molecule has 0 saturated heterocycles. The number of ether oxygens (including phenoxy) is 1. The Labute approximate surface area is 107 Å². The number of hydrogen-bond acceptors (Lipinski definition) is 3. The summed E-state index contributed by atoms with van der Waals surface area (Å²) in [6.07, 6.45) is 0.761. The molecule has 4 heteroatoms. The summed E-state index contributed by atoms with van der Waals surface area (Å²) in [6, 6.07) is 10.1. The SMILES string of the molecule is CCc1nn(C)c(OC(C)c2ccccc2)c1N. The molecule has 0 radical (unpaired) electrons. The van der Waals surface area contributed by atoms with Crippen LogP contribution in [0.3, 0.4) is 0 Å². The van der Waals surface area contributed by atoms with Crippen LogP contribution >= 0.6 is 0 Å². The molecule has 0 amide bonds. The van der Waals surface area contributed by atoms with Gasteiger partial charge in [-0.3, -0.25) is 0 Å². The summed E-state index contributed by atoms with van der Waals surface area (Å²) in [5.74, 6) is 0.642. The van der Waals surface area contributed by atoms with Crippen LogP contribution in [0.25, 0.3) is 0 Å². The minimum absolute atomic E-state index is 0.0476. The van der Waals surface area contributed by atoms with Gasteiger partial charge in [0.05, 0.1) is 5.69 Å². The van der Waals surface area contributed by atoms with Gasteiger partial charge < -0.3 is 10.5 Å². The predicted molar refractivity (Wildman–Crippen MR) is 72.5 cm³/mol. The van der Waals surface area contributed by atoms with Crippen molar-refractivity contribution in [1.82, 2.24) is 9.78 Å². The van der Waals surface area contributed by atoms with Crippen molar-refractivity contribution in [3.63, 3.8) is 0 Å². The average molecular weight is 245 g/mol. The largest absolute Gasteiger partial charge is 0.468 e. The quantitative estimate of drug-likeness (QED) is 0.901. The van der Waals surface area contributed by atoms with Gasteiger partial charge in [0.2, 0.25) is 5.88 Å². The first-order valence-electron chi connectivity index (χ1n) is 6.16. The van der Waals surface area contributed by atoms with E-state index < -0.39 is 0 Å². The van der Waals surface area contributed by atoms with Crippen molar-refractivity contribution in [3.8, 4) is 5.88 Å². The van der Waals surface area contributed by atoms with E-state index in [1.807, 2.05) is 51.2 Å². The maximum absolute atomic E-state index is 6.03. The normalized spacial score (nSPS) is 12.4. The molecule has 18 heavy (non-hydrogen) atoms. The molecule has 1 atom stereocenters. The molecule has 0 spiro atoms. The highest BCUT2D eigenvalue weighted by Gasteiger charge is 2.16. The van der Waals surface area contributed by atoms with Gasteiger partial charge in [-0.2, -0.15) is 5.10 Å². The zero-order chi connectivity index (χ0) is 13.1. The lowest BCUT2D eigenvalue weighted by molar-refractivity contribution is 0.208. The number of aryl methyl sites for hydroxylation is 2. The fourth-order valence-corrected chi connectivity index (χ4v) is 1.94. The Kier molecular flexibility index (Phi) is 3.55. The second kappa shape index (κ2) is 5.12. The van der Waals surface area contributed by atoms with Crippen LogP contribution in [0.5, 0.6) is 5.88 Å². The highest BCUT2D eigenvalue weighted by Crippen LogP contribution is 2.29. The van der Waals surface area contributed by atoms with Gasteiger partial charge in [-0.1, -0.05) is 37.3 Å². The summed E-state index contributed by atoms with van der Waals surface area (Å²) in [5.41, 5.74) is 8.68. The standard InChI is InChI=1S/C14H19N3O/c1-4-12-13(15)14(17(3)16-12)18-10(2)11-8-6-5-7-9-11/h5-10H,4,15H2,1-3H3. The van der Waals surface area contributed by atoms with Gasteiger partial charge in [0.15, 0.2) is 0 Å². The van der Waals surface area contributed by atoms with E-state index in [-0.39, 0.29) is 6.10 Å². The van der Waals surface area contributed by atoms with E-state index in [0.29, 0.717) is 11.6 Å². The smallest absolute Gasteiger partial charge is 0.236 e. The molecule has 0 saturated carbocycles. The minimum Gasteiger partial charge on any atom is -0.468 e. The fourth-order valence-electron chi connectivity index (χ4n) is 1.94. The van der Waals surface area contributed by atoms with Crippen molar-refractivity contribution in [2.45, 2.75) is 26.4 Å². The summed E-state index contributed by atoms with van der Waals surface area (Å²) in [7, 11) is 1.85. The second-order valence-corrected chi connectivity index (χ2v) is 4.31. The Bertz CT molecular complexity index is 519. The monoisotopic (exact) mass is 245 g/mol. The molecule has 1 aromatic heterocycles. The lowest BCUT2D eigenvalue weighted by atomic mass is 10.1. The van der Waals surface area contributed by atoms with Gasteiger partial charge in [0.1, 0.15) is 11.8 Å². The third-order valence-electron chi connectivity index (χ3n) is 3.00. The maximum atomic E-state index is 6.03. The highest BCUT2D eigenvalue weighted by molar-refractivity contribution is 5.53. The summed E-state index contributed by atoms with van der Waals surface area (Å²) in [5, 5.41) is 4.34. The third kappa shape index (κ3) is 2.32. The summed E-state index contributed by atoms with van der Waals surface area (Å²) < 4.78 is 7.62. The number of nitrogens with zero attached hydrogens (tertiary/aromatic N) is 2. The first-order chi connectivity index (χ1) is 8.63. The molecule has 1 unspecified atom stereocenters. The average Bonchev–Trinajstić information content (AvgIpc) is 2.67. The van der Waals surface area contributed by atoms with Crippen molar-refractivity contribution < 1.29 is 4.74 Å². The van der Waals surface area contributed by atoms with E-state index >= 15 is 0 Å². The van der Waals surface area contributed by atoms with Gasteiger partial charge in [0.25, 0.3) is 0 Å². The molecular formula is C14H19N3O. The Morgan fingerprint density at radius 3 is 2.56 bits per heavy atom. The number of nitrogens with two attached hydrogens (primary N) is 1. The van der Waals surface area contributed by atoms with E-state index in [1.165, 1.54) is 0 Å². The van der Waals surface area contributed by atoms with Crippen molar-refractivity contribution in [2.75, 3.05) is 5.73 Å². The van der Waals surface area contributed by atoms with E-state index in [1.54, 1.807) is 4.68 Å². The molecule has 0 bridgehead atoms. The Balaban J connectivity index is 2.22. The molecule has 1 heterocycles. The topological polar surface area (TPSA) is 53.1 Å². The molecule has 0 aliphatic heterocycles. The summed E-state index contributed by atoms with van der Waals surface area (Å²) in [6.45, 7) is 4.04. The lowest BCUT2D eigenvalue weighted by Gasteiger charge is -2.15. The first-order valence-corrected chi connectivity index (χ1v) is 6.16. The molecule has 0 aliphatic carbocycles. The summed E-state index contributed by atoms with van der Waals surface area (Å²) >= 11 is 0. The number of nitrogen functional groups attached to an aromatic ring is 1. The van der Waals surface area contributed by atoms with Crippen LogP contribution in [-0.4, -0.2) is 9.78 Å². The van der Waals surface area contributed by atoms with Gasteiger partial charge in [0, 0.05) is 7.05 Å². The third-order valence-corrected chi connectivity index (χ3v) is 3.00. The van der Waals surface area contributed by atoms with Gasteiger partial charge >= 0.3 is 0 Å². The molecule has 0 fully saturated rings. The second-order valence-electron chi connectivity index (χ2n) is 4.31. The first kappa shape index (κ1) is 12.5. The van der Waals surface area contributed by atoms with Crippen LogP contribution in [0.1, 0.15) is 31.2 Å². The van der Waals surface area contributed by atoms with Crippen LogP contribution < -0.4 is 10.5 Å². The fraction of sp³-hybridized carbons (Fsp3) is 0.357. The van der Waals surface area contributed by atoms with E-state index in [0.717, 1.165) is 17.7 Å². The molecule has 2 N–H and O–H groups in total. The van der Waals surface area contributed by atoms with Crippen LogP contribution in [-0.2, 0) is 13.5 Å². The zero-order valence-corrected chi connectivity index (χ0v) is 11.1. The Morgan fingerprint density at radius 1 is 1.33 bits per heavy atom. The van der Waals surface area contributed by atoms with Crippen molar-refractivity contribution in [2.24, 2.45) is 7.05 Å². The van der Waals surface area contributed by atoms with Gasteiger partial charge in [-0.15, -0.1) is 0 Å². The zero-order valence-electron chi connectivity index (χ0n) is 11.1. The highest BCUT2D eigenvalue weighted by atomic mass is 16.5. The van der Waals surface area contributed by atoms with Crippen LogP contribution in [0.4, 0.5) is 5.69 Å². The predicted octanol–water partition coefficient (Wildman–Crippen LogP) is 2.70.